The predicted octanol–water partition coefficient (Wildman–Crippen LogP) is 1.75. The number of benzene rings is 1. The van der Waals surface area contributed by atoms with Crippen molar-refractivity contribution < 1.29 is 27.2 Å². The van der Waals surface area contributed by atoms with Crippen molar-refractivity contribution in [1.29, 1.82) is 0 Å². The largest absolute Gasteiger partial charge is 0.424 e. The van der Waals surface area contributed by atoms with E-state index in [4.69, 9.17) is 4.42 Å². The quantitative estimate of drug-likeness (QED) is 0.758. The number of hydrogen-bond acceptors (Lipinski definition) is 6. The number of aromatic nitrogens is 2. The molecule has 0 radical (unpaired) electrons. The van der Waals surface area contributed by atoms with Crippen LogP contribution in [0.4, 0.5) is 13.2 Å². The SMILES string of the molecule is Cc1nnc(CN(C)C(=O)CC2C(=O)NCCN2Cc2cccc(C(F)(F)F)c2)o1. The van der Waals surface area contributed by atoms with Gasteiger partial charge in [-0.3, -0.25) is 14.5 Å². The molecule has 1 N–H and O–H groups in total. The van der Waals surface area contributed by atoms with E-state index in [9.17, 15) is 22.8 Å². The van der Waals surface area contributed by atoms with Crippen LogP contribution in [0.25, 0.3) is 0 Å². The molecule has 1 fully saturated rings. The number of piperazine rings is 1. The highest BCUT2D eigenvalue weighted by Crippen LogP contribution is 2.30. The van der Waals surface area contributed by atoms with Crippen molar-refractivity contribution in [2.75, 3.05) is 20.1 Å². The molecular weight excluding hydrogens is 403 g/mol. The number of aryl methyl sites for hydroxylation is 1. The van der Waals surface area contributed by atoms with Crippen molar-refractivity contribution in [1.82, 2.24) is 25.3 Å². The minimum atomic E-state index is -4.44. The number of halogens is 3. The Morgan fingerprint density at radius 1 is 1.37 bits per heavy atom. The number of alkyl halides is 3. The monoisotopic (exact) mass is 425 g/mol. The van der Waals surface area contributed by atoms with Crippen LogP contribution in [0.3, 0.4) is 0 Å². The van der Waals surface area contributed by atoms with Gasteiger partial charge in [-0.25, -0.2) is 0 Å². The van der Waals surface area contributed by atoms with Gasteiger partial charge in [-0.1, -0.05) is 18.2 Å². The molecule has 1 unspecified atom stereocenters. The van der Waals surface area contributed by atoms with E-state index in [1.54, 1.807) is 24.9 Å². The highest BCUT2D eigenvalue weighted by molar-refractivity contribution is 5.88. The number of nitrogens with zero attached hydrogens (tertiary/aromatic N) is 4. The van der Waals surface area contributed by atoms with E-state index in [0.29, 0.717) is 24.5 Å². The van der Waals surface area contributed by atoms with Crippen LogP contribution in [0.5, 0.6) is 0 Å². The van der Waals surface area contributed by atoms with E-state index >= 15 is 0 Å². The lowest BCUT2D eigenvalue weighted by atomic mass is 10.0. The van der Waals surface area contributed by atoms with Gasteiger partial charge in [0.05, 0.1) is 24.6 Å². The summed E-state index contributed by atoms with van der Waals surface area (Å²) in [6.07, 6.45) is -4.56. The third-order valence-electron chi connectivity index (χ3n) is 4.82. The van der Waals surface area contributed by atoms with Gasteiger partial charge < -0.3 is 14.6 Å². The Morgan fingerprint density at radius 2 is 2.13 bits per heavy atom. The minimum absolute atomic E-state index is 0.0988. The second-order valence-electron chi connectivity index (χ2n) is 7.14. The van der Waals surface area contributed by atoms with Crippen molar-refractivity contribution >= 4 is 11.8 Å². The summed E-state index contributed by atoms with van der Waals surface area (Å²) in [5, 5.41) is 10.2. The fourth-order valence-electron chi connectivity index (χ4n) is 3.27. The van der Waals surface area contributed by atoms with Gasteiger partial charge >= 0.3 is 6.18 Å². The summed E-state index contributed by atoms with van der Waals surface area (Å²) in [6.45, 7) is 2.64. The molecule has 0 bridgehead atoms. The van der Waals surface area contributed by atoms with Crippen molar-refractivity contribution in [2.24, 2.45) is 0 Å². The van der Waals surface area contributed by atoms with Gasteiger partial charge in [-0.05, 0) is 11.6 Å². The number of rotatable bonds is 6. The predicted molar refractivity (Wildman–Crippen MR) is 98.8 cm³/mol. The summed E-state index contributed by atoms with van der Waals surface area (Å²) in [6, 6.07) is 4.19. The molecule has 1 aromatic heterocycles. The molecule has 1 aromatic carbocycles. The molecule has 2 heterocycles. The van der Waals surface area contributed by atoms with Gasteiger partial charge in [0.2, 0.25) is 23.6 Å². The van der Waals surface area contributed by atoms with E-state index < -0.39 is 17.8 Å². The van der Waals surface area contributed by atoms with Crippen LogP contribution in [-0.4, -0.2) is 58.0 Å². The second-order valence-corrected chi connectivity index (χ2v) is 7.14. The molecule has 3 rings (SSSR count). The fourth-order valence-corrected chi connectivity index (χ4v) is 3.27. The Hall–Kier alpha value is -2.95. The lowest BCUT2D eigenvalue weighted by molar-refractivity contribution is -0.138. The standard InChI is InChI=1S/C19H22F3N5O3/c1-12-24-25-16(30-12)11-26(2)17(28)9-15-18(29)23-6-7-27(15)10-13-4-3-5-14(8-13)19(20,21)22/h3-5,8,15H,6-7,9-11H2,1-2H3,(H,23,29). The molecule has 8 nitrogen and oxygen atoms in total. The fraction of sp³-hybridized carbons (Fsp3) is 0.474. The van der Waals surface area contributed by atoms with Crippen LogP contribution < -0.4 is 5.32 Å². The maximum atomic E-state index is 13.0. The maximum absolute atomic E-state index is 13.0. The molecule has 30 heavy (non-hydrogen) atoms. The van der Waals surface area contributed by atoms with Crippen molar-refractivity contribution in [3.8, 4) is 0 Å². The van der Waals surface area contributed by atoms with Crippen molar-refractivity contribution in [3.63, 3.8) is 0 Å². The third kappa shape index (κ3) is 5.35. The first-order valence-electron chi connectivity index (χ1n) is 9.34. The van der Waals surface area contributed by atoms with Gasteiger partial charge in [0.15, 0.2) is 0 Å². The normalized spacial score (nSPS) is 17.6. The molecular formula is C19H22F3N5O3. The number of nitrogens with one attached hydrogen (secondary N) is 1. The van der Waals surface area contributed by atoms with Gasteiger partial charge in [-0.2, -0.15) is 13.2 Å². The molecule has 1 atom stereocenters. The van der Waals surface area contributed by atoms with Crippen LogP contribution in [-0.2, 0) is 28.9 Å². The van der Waals surface area contributed by atoms with E-state index in [1.807, 2.05) is 0 Å². The lowest BCUT2D eigenvalue weighted by Gasteiger charge is -2.35. The van der Waals surface area contributed by atoms with Crippen LogP contribution in [0.15, 0.2) is 28.7 Å². The topological polar surface area (TPSA) is 91.6 Å². The molecule has 2 aromatic rings. The van der Waals surface area contributed by atoms with Gasteiger partial charge in [-0.15, -0.1) is 10.2 Å². The average molecular weight is 425 g/mol. The van der Waals surface area contributed by atoms with Crippen LogP contribution in [0.2, 0.25) is 0 Å². The third-order valence-corrected chi connectivity index (χ3v) is 4.82. The van der Waals surface area contributed by atoms with Gasteiger partial charge in [0.25, 0.3) is 0 Å². The first-order valence-corrected chi connectivity index (χ1v) is 9.34. The summed E-state index contributed by atoms with van der Waals surface area (Å²) < 4.78 is 44.2. The van der Waals surface area contributed by atoms with Crippen molar-refractivity contribution in [3.05, 3.63) is 47.2 Å². The molecule has 0 aliphatic carbocycles. The highest BCUT2D eigenvalue weighted by atomic mass is 19.4. The van der Waals surface area contributed by atoms with Crippen LogP contribution in [0.1, 0.15) is 29.3 Å². The number of carbonyl (C=O) groups is 2. The summed E-state index contributed by atoms with van der Waals surface area (Å²) in [5.74, 6) is 0.00703. The summed E-state index contributed by atoms with van der Waals surface area (Å²) in [7, 11) is 1.56. The van der Waals surface area contributed by atoms with Gasteiger partial charge in [0, 0.05) is 33.6 Å². The Morgan fingerprint density at radius 3 is 2.80 bits per heavy atom. The molecule has 1 aliphatic heterocycles. The smallest absolute Gasteiger partial charge is 0.416 e. The average Bonchev–Trinajstić information content (AvgIpc) is 3.08. The first kappa shape index (κ1) is 21.8. The molecule has 0 spiro atoms. The Bertz CT molecular complexity index is 915. The zero-order chi connectivity index (χ0) is 21.9. The Kier molecular flexibility index (Phi) is 6.40. The van der Waals surface area contributed by atoms with E-state index in [2.05, 4.69) is 15.5 Å². The number of carbonyl (C=O) groups excluding carboxylic acids is 2. The lowest BCUT2D eigenvalue weighted by Crippen LogP contribution is -2.56. The molecule has 2 amide bonds. The van der Waals surface area contributed by atoms with E-state index in [1.165, 1.54) is 11.0 Å². The summed E-state index contributed by atoms with van der Waals surface area (Å²) in [4.78, 5) is 28.1. The summed E-state index contributed by atoms with van der Waals surface area (Å²) in [5.41, 5.74) is -0.324. The van der Waals surface area contributed by atoms with Gasteiger partial charge in [0.1, 0.15) is 0 Å². The van der Waals surface area contributed by atoms with Crippen LogP contribution in [0, 0.1) is 6.92 Å². The Labute approximate surface area is 171 Å². The second kappa shape index (κ2) is 8.82. The molecule has 0 saturated carbocycles. The highest BCUT2D eigenvalue weighted by Gasteiger charge is 2.34. The van der Waals surface area contributed by atoms with Crippen LogP contribution >= 0.6 is 0 Å². The first-order chi connectivity index (χ1) is 14.1. The molecule has 1 aliphatic rings. The maximum Gasteiger partial charge on any atom is 0.416 e. The number of hydrogen-bond donors (Lipinski definition) is 1. The molecule has 11 heteroatoms. The van der Waals surface area contributed by atoms with E-state index in [0.717, 1.165) is 12.1 Å². The van der Waals surface area contributed by atoms with E-state index in [-0.39, 0.29) is 37.2 Å². The molecule has 1 saturated heterocycles. The number of amides is 2. The minimum Gasteiger partial charge on any atom is -0.424 e. The zero-order valence-electron chi connectivity index (χ0n) is 16.6. The molecule has 162 valence electrons. The zero-order valence-corrected chi connectivity index (χ0v) is 16.6. The van der Waals surface area contributed by atoms with Crippen molar-refractivity contribution in [2.45, 2.75) is 38.7 Å². The Balaban J connectivity index is 1.68. The summed E-state index contributed by atoms with van der Waals surface area (Å²) >= 11 is 0.